The minimum Gasteiger partial charge on any atom is -0.494 e. The van der Waals surface area contributed by atoms with Crippen molar-refractivity contribution in [3.8, 4) is 5.75 Å². The first-order valence-corrected chi connectivity index (χ1v) is 9.21. The predicted molar refractivity (Wildman–Crippen MR) is 105 cm³/mol. The molecule has 132 valence electrons. The molecule has 3 nitrogen and oxygen atoms in total. The van der Waals surface area contributed by atoms with Crippen LogP contribution in [0.1, 0.15) is 18.1 Å². The maximum absolute atomic E-state index is 5.51. The van der Waals surface area contributed by atoms with Gasteiger partial charge < -0.3 is 4.74 Å². The maximum atomic E-state index is 5.51. The molecule has 0 atom stereocenters. The minimum absolute atomic E-state index is 0.722. The Morgan fingerprint density at radius 1 is 0.880 bits per heavy atom. The van der Waals surface area contributed by atoms with Crippen LogP contribution in [-0.2, 0) is 6.54 Å². The summed E-state index contributed by atoms with van der Waals surface area (Å²) in [5, 5.41) is 0. The highest BCUT2D eigenvalue weighted by Crippen LogP contribution is 2.14. The zero-order valence-corrected chi connectivity index (χ0v) is 15.1. The van der Waals surface area contributed by atoms with E-state index < -0.39 is 0 Å². The van der Waals surface area contributed by atoms with E-state index in [-0.39, 0.29) is 0 Å². The van der Waals surface area contributed by atoms with Crippen LogP contribution in [0.15, 0.2) is 60.7 Å². The second kappa shape index (κ2) is 9.40. The van der Waals surface area contributed by atoms with Crippen LogP contribution < -0.4 is 4.74 Å². The Labute approximate surface area is 151 Å². The van der Waals surface area contributed by atoms with Gasteiger partial charge in [0.1, 0.15) is 5.75 Å². The van der Waals surface area contributed by atoms with Crippen LogP contribution in [0, 0.1) is 0 Å². The third-order valence-electron chi connectivity index (χ3n) is 4.58. The summed E-state index contributed by atoms with van der Waals surface area (Å²) < 4.78 is 5.51. The number of rotatable bonds is 7. The van der Waals surface area contributed by atoms with Gasteiger partial charge >= 0.3 is 0 Å². The van der Waals surface area contributed by atoms with Crippen molar-refractivity contribution < 1.29 is 4.74 Å². The molecular formula is C22H28N2O. The van der Waals surface area contributed by atoms with Crippen molar-refractivity contribution >= 4 is 6.08 Å². The smallest absolute Gasteiger partial charge is 0.119 e. The Kier molecular flexibility index (Phi) is 6.66. The number of hydrogen-bond acceptors (Lipinski definition) is 3. The first kappa shape index (κ1) is 17.7. The molecule has 1 heterocycles. The topological polar surface area (TPSA) is 15.7 Å². The Morgan fingerprint density at radius 3 is 2.24 bits per heavy atom. The van der Waals surface area contributed by atoms with Crippen LogP contribution in [0.2, 0.25) is 0 Å². The van der Waals surface area contributed by atoms with E-state index in [1.54, 1.807) is 0 Å². The highest BCUT2D eigenvalue weighted by atomic mass is 16.5. The van der Waals surface area contributed by atoms with Crippen molar-refractivity contribution in [1.29, 1.82) is 0 Å². The summed E-state index contributed by atoms with van der Waals surface area (Å²) in [6, 6.07) is 19.0. The van der Waals surface area contributed by atoms with E-state index in [1.165, 1.54) is 11.1 Å². The molecular weight excluding hydrogens is 308 g/mol. The Hall–Kier alpha value is -2.10. The van der Waals surface area contributed by atoms with Crippen molar-refractivity contribution in [2.24, 2.45) is 0 Å². The lowest BCUT2D eigenvalue weighted by Gasteiger charge is -2.34. The fourth-order valence-corrected chi connectivity index (χ4v) is 3.15. The summed E-state index contributed by atoms with van der Waals surface area (Å²) >= 11 is 0. The van der Waals surface area contributed by atoms with Gasteiger partial charge in [0, 0.05) is 39.3 Å². The number of hydrogen-bond donors (Lipinski definition) is 0. The second-order valence-electron chi connectivity index (χ2n) is 6.47. The van der Waals surface area contributed by atoms with Gasteiger partial charge in [-0.3, -0.25) is 9.80 Å². The first-order valence-electron chi connectivity index (χ1n) is 9.21. The fraction of sp³-hybridized carbons (Fsp3) is 0.364. The normalized spacial score (nSPS) is 16.4. The maximum Gasteiger partial charge on any atom is 0.119 e. The molecule has 2 aromatic carbocycles. The molecule has 0 radical (unpaired) electrons. The van der Waals surface area contributed by atoms with Crippen molar-refractivity contribution in [2.45, 2.75) is 13.5 Å². The molecule has 1 saturated heterocycles. The molecule has 0 spiro atoms. The zero-order valence-electron chi connectivity index (χ0n) is 15.1. The summed E-state index contributed by atoms with van der Waals surface area (Å²) in [5.74, 6) is 0.960. The van der Waals surface area contributed by atoms with Gasteiger partial charge in [-0.25, -0.2) is 0 Å². The van der Waals surface area contributed by atoms with Gasteiger partial charge in [-0.2, -0.15) is 0 Å². The van der Waals surface area contributed by atoms with Gasteiger partial charge in [-0.05, 0) is 30.2 Å². The molecule has 0 N–H and O–H groups in total. The number of ether oxygens (including phenoxy) is 1. The molecule has 2 aromatic rings. The average Bonchev–Trinajstić information content (AvgIpc) is 2.66. The lowest BCUT2D eigenvalue weighted by atomic mass is 10.2. The van der Waals surface area contributed by atoms with Gasteiger partial charge in [0.2, 0.25) is 0 Å². The van der Waals surface area contributed by atoms with E-state index in [9.17, 15) is 0 Å². The Bertz CT molecular complexity index is 643. The van der Waals surface area contributed by atoms with Crippen molar-refractivity contribution in [1.82, 2.24) is 9.80 Å². The number of nitrogens with zero attached hydrogens (tertiary/aromatic N) is 2. The molecule has 3 heteroatoms. The SMILES string of the molecule is CCOc1ccc(CN2CCN(CC=Cc3ccccc3)CC2)cc1. The van der Waals surface area contributed by atoms with Gasteiger partial charge in [-0.1, -0.05) is 54.6 Å². The fourth-order valence-electron chi connectivity index (χ4n) is 3.15. The molecule has 1 aliphatic heterocycles. The first-order chi connectivity index (χ1) is 12.3. The highest BCUT2D eigenvalue weighted by Gasteiger charge is 2.15. The largest absolute Gasteiger partial charge is 0.494 e. The molecule has 25 heavy (non-hydrogen) atoms. The molecule has 0 aromatic heterocycles. The van der Waals surface area contributed by atoms with Crippen molar-refractivity contribution in [2.75, 3.05) is 39.3 Å². The Balaban J connectivity index is 1.40. The molecule has 1 aliphatic rings. The molecule has 3 rings (SSSR count). The van der Waals surface area contributed by atoms with Gasteiger partial charge in [0.25, 0.3) is 0 Å². The standard InChI is InChI=1S/C22H28N2O/c1-2-25-22-12-10-21(11-13-22)19-24-17-15-23(16-18-24)14-6-9-20-7-4-3-5-8-20/h3-13H,2,14-19H2,1H3. The third kappa shape index (κ3) is 5.73. The Morgan fingerprint density at radius 2 is 1.56 bits per heavy atom. The van der Waals surface area contributed by atoms with Crippen LogP contribution in [0.25, 0.3) is 6.08 Å². The summed E-state index contributed by atoms with van der Waals surface area (Å²) in [6.07, 6.45) is 4.49. The van der Waals surface area contributed by atoms with E-state index in [1.807, 2.05) is 6.92 Å². The quantitative estimate of drug-likeness (QED) is 0.762. The summed E-state index contributed by atoms with van der Waals surface area (Å²) in [7, 11) is 0. The van der Waals surface area contributed by atoms with Gasteiger partial charge in [0.15, 0.2) is 0 Å². The van der Waals surface area contributed by atoms with Crippen LogP contribution in [-0.4, -0.2) is 49.1 Å². The zero-order chi connectivity index (χ0) is 17.3. The monoisotopic (exact) mass is 336 g/mol. The summed E-state index contributed by atoms with van der Waals surface area (Å²) in [4.78, 5) is 5.06. The van der Waals surface area contributed by atoms with E-state index in [2.05, 4.69) is 76.5 Å². The van der Waals surface area contributed by atoms with Crippen LogP contribution in [0.3, 0.4) is 0 Å². The lowest BCUT2D eigenvalue weighted by molar-refractivity contribution is 0.137. The molecule has 0 saturated carbocycles. The lowest BCUT2D eigenvalue weighted by Crippen LogP contribution is -2.45. The molecule has 0 aliphatic carbocycles. The molecule has 1 fully saturated rings. The minimum atomic E-state index is 0.722. The molecule has 0 bridgehead atoms. The van der Waals surface area contributed by atoms with E-state index in [0.29, 0.717) is 0 Å². The summed E-state index contributed by atoms with van der Waals surface area (Å²) in [6.45, 7) is 9.33. The van der Waals surface area contributed by atoms with Crippen LogP contribution in [0.4, 0.5) is 0 Å². The average molecular weight is 336 g/mol. The van der Waals surface area contributed by atoms with E-state index in [4.69, 9.17) is 4.74 Å². The van der Waals surface area contributed by atoms with Crippen molar-refractivity contribution in [3.63, 3.8) is 0 Å². The van der Waals surface area contributed by atoms with E-state index >= 15 is 0 Å². The summed E-state index contributed by atoms with van der Waals surface area (Å²) in [5.41, 5.74) is 2.64. The third-order valence-corrected chi connectivity index (χ3v) is 4.58. The second-order valence-corrected chi connectivity index (χ2v) is 6.47. The molecule has 0 amide bonds. The van der Waals surface area contributed by atoms with Gasteiger partial charge in [0.05, 0.1) is 6.61 Å². The molecule has 0 unspecified atom stereocenters. The predicted octanol–water partition coefficient (Wildman–Crippen LogP) is 3.92. The van der Waals surface area contributed by atoms with Crippen molar-refractivity contribution in [3.05, 3.63) is 71.8 Å². The number of benzene rings is 2. The highest BCUT2D eigenvalue weighted by molar-refractivity contribution is 5.48. The van der Waals surface area contributed by atoms with Crippen LogP contribution in [0.5, 0.6) is 5.75 Å². The van der Waals surface area contributed by atoms with Crippen LogP contribution >= 0.6 is 0 Å². The number of piperazine rings is 1. The van der Waals surface area contributed by atoms with E-state index in [0.717, 1.165) is 51.6 Å². The van der Waals surface area contributed by atoms with Gasteiger partial charge in [-0.15, -0.1) is 0 Å².